The van der Waals surface area contributed by atoms with Gasteiger partial charge in [0.1, 0.15) is 0 Å². The molecule has 2 aliphatic heterocycles. The van der Waals surface area contributed by atoms with Crippen molar-refractivity contribution in [2.24, 2.45) is 0 Å². The fourth-order valence-corrected chi connectivity index (χ4v) is 7.18. The van der Waals surface area contributed by atoms with Gasteiger partial charge in [-0.25, -0.2) is 0 Å². The van der Waals surface area contributed by atoms with E-state index >= 15 is 0 Å². The highest BCUT2D eigenvalue weighted by molar-refractivity contribution is 6.41. The second-order valence-corrected chi connectivity index (χ2v) is 14.4. The Morgan fingerprint density at radius 2 is 0.705 bits per heavy atom. The summed E-state index contributed by atoms with van der Waals surface area (Å²) in [4.78, 5) is 57.7. The van der Waals surface area contributed by atoms with Gasteiger partial charge in [0.15, 0.2) is 0 Å². The first-order chi connectivity index (χ1) is 20.8. The van der Waals surface area contributed by atoms with Crippen molar-refractivity contribution in [3.8, 4) is 0 Å². The zero-order valence-electron chi connectivity index (χ0n) is 26.3. The third kappa shape index (κ3) is 4.19. The summed E-state index contributed by atoms with van der Waals surface area (Å²) in [6.07, 6.45) is 1.45. The molecule has 224 valence electrons. The summed E-state index contributed by atoms with van der Waals surface area (Å²) in [6.45, 7) is 2.45. The molecule has 0 saturated carbocycles. The maximum Gasteiger partial charge on any atom is 0.261 e. The molecule has 0 aliphatic carbocycles. The Morgan fingerprint density at radius 3 is 0.955 bits per heavy atom. The Morgan fingerprint density at radius 1 is 0.432 bits per heavy atom. The molecule has 2 heterocycles. The van der Waals surface area contributed by atoms with E-state index in [0.29, 0.717) is 46.1 Å². The van der Waals surface area contributed by atoms with Gasteiger partial charge in [0.2, 0.25) is 0 Å². The Bertz CT molecular complexity index is 1810. The molecule has 5 aromatic rings. The molecule has 0 aromatic heterocycles. The number of amides is 4. The predicted octanol–water partition coefficient (Wildman–Crippen LogP) is 5.12. The summed E-state index contributed by atoms with van der Waals surface area (Å²) < 4.78 is 1.52. The lowest BCUT2D eigenvalue weighted by atomic mass is 9.82. The number of imide groups is 2. The number of fused-ring (bicyclic) bond motifs is 2. The monoisotopic (exact) mass is 590 g/mol. The standard InChI is InChI=1S/C36H38N4O4/c1-39(2,3)19-7-17-37-33(41)25-13-9-21-23-11-15-27-32-28(36(44)38(35(27)43)18-8-20-40(4,5)6)16-12-24(30(23)32)22-10-14-26(34(37)42)31(25)29(21)22/h9-16H,7-8,17-20H2,1-6H3/q+2. The summed E-state index contributed by atoms with van der Waals surface area (Å²) in [5.41, 5.74) is 2.15. The van der Waals surface area contributed by atoms with E-state index in [9.17, 15) is 19.2 Å². The molecule has 0 saturated heterocycles. The fraction of sp³-hybridized carbons (Fsp3) is 0.333. The van der Waals surface area contributed by atoms with E-state index in [-0.39, 0.29) is 23.6 Å². The van der Waals surface area contributed by atoms with E-state index in [0.717, 1.165) is 67.2 Å². The van der Waals surface area contributed by atoms with Gasteiger partial charge in [-0.1, -0.05) is 24.3 Å². The molecule has 7 rings (SSSR count). The van der Waals surface area contributed by atoms with Gasteiger partial charge >= 0.3 is 0 Å². The highest BCUT2D eigenvalue weighted by Crippen LogP contribution is 2.46. The van der Waals surface area contributed by atoms with Gasteiger partial charge in [0.25, 0.3) is 23.6 Å². The maximum absolute atomic E-state index is 13.7. The predicted molar refractivity (Wildman–Crippen MR) is 173 cm³/mol. The Balaban J connectivity index is 1.38. The molecule has 44 heavy (non-hydrogen) atoms. The van der Waals surface area contributed by atoms with Crippen molar-refractivity contribution in [1.82, 2.24) is 9.80 Å². The first kappa shape index (κ1) is 28.4. The normalized spacial score (nSPS) is 15.7. The molecular formula is C36H38N4O4+2. The van der Waals surface area contributed by atoms with Crippen LogP contribution in [0.25, 0.3) is 43.1 Å². The minimum Gasteiger partial charge on any atom is -0.331 e. The average Bonchev–Trinajstić information content (AvgIpc) is 2.96. The third-order valence-corrected chi connectivity index (χ3v) is 9.23. The molecule has 0 spiro atoms. The zero-order chi connectivity index (χ0) is 31.3. The number of carbonyl (C=O) groups is 4. The molecule has 0 radical (unpaired) electrons. The Labute approximate surface area is 256 Å². The van der Waals surface area contributed by atoms with Crippen molar-refractivity contribution in [2.75, 3.05) is 68.5 Å². The Kier molecular flexibility index (Phi) is 6.16. The van der Waals surface area contributed by atoms with Crippen LogP contribution in [-0.4, -0.2) is 111 Å². The number of hydrogen-bond acceptors (Lipinski definition) is 4. The number of rotatable bonds is 8. The number of carbonyl (C=O) groups excluding carboxylic acids is 4. The average molecular weight is 591 g/mol. The lowest BCUT2D eigenvalue weighted by Crippen LogP contribution is -2.43. The van der Waals surface area contributed by atoms with Gasteiger partial charge in [-0.05, 0) is 56.6 Å². The van der Waals surface area contributed by atoms with Crippen molar-refractivity contribution in [1.29, 1.82) is 0 Å². The number of benzene rings is 5. The summed E-state index contributed by atoms with van der Waals surface area (Å²) >= 11 is 0. The second-order valence-electron chi connectivity index (χ2n) is 14.4. The van der Waals surface area contributed by atoms with Gasteiger partial charge in [0, 0.05) is 59.0 Å². The lowest BCUT2D eigenvalue weighted by molar-refractivity contribution is -0.870. The van der Waals surface area contributed by atoms with Crippen LogP contribution in [0.1, 0.15) is 54.3 Å². The van der Waals surface area contributed by atoms with E-state index < -0.39 is 0 Å². The third-order valence-electron chi connectivity index (χ3n) is 9.23. The molecule has 0 unspecified atom stereocenters. The van der Waals surface area contributed by atoms with E-state index in [1.807, 2.05) is 48.5 Å². The number of quaternary nitrogens is 2. The SMILES string of the molecule is C[N+](C)(C)CCCN1C(=O)c2ccc3c4ccc5c6c(ccc(c7ccc(c2c37)C1=O)c64)C(=O)N(CCC[N+](C)(C)C)C5=O. The lowest BCUT2D eigenvalue weighted by Gasteiger charge is -2.31. The van der Waals surface area contributed by atoms with Gasteiger partial charge in [-0.15, -0.1) is 0 Å². The summed E-state index contributed by atoms with van der Waals surface area (Å²) in [5, 5.41) is 6.74. The van der Waals surface area contributed by atoms with Gasteiger partial charge in [-0.2, -0.15) is 0 Å². The molecule has 8 heteroatoms. The fourth-order valence-electron chi connectivity index (χ4n) is 7.18. The molecule has 2 aliphatic rings. The first-order valence-corrected chi connectivity index (χ1v) is 15.3. The van der Waals surface area contributed by atoms with Crippen molar-refractivity contribution in [3.63, 3.8) is 0 Å². The van der Waals surface area contributed by atoms with Crippen molar-refractivity contribution >= 4 is 66.7 Å². The van der Waals surface area contributed by atoms with Crippen LogP contribution in [0.3, 0.4) is 0 Å². The maximum atomic E-state index is 13.7. The summed E-state index contributed by atoms with van der Waals surface area (Å²) in [6, 6.07) is 15.2. The summed E-state index contributed by atoms with van der Waals surface area (Å²) in [7, 11) is 12.6. The van der Waals surface area contributed by atoms with E-state index in [2.05, 4.69) is 42.3 Å². The van der Waals surface area contributed by atoms with Crippen molar-refractivity contribution < 1.29 is 28.1 Å². The molecule has 0 fully saturated rings. The van der Waals surface area contributed by atoms with Crippen LogP contribution in [0.5, 0.6) is 0 Å². The molecule has 4 amide bonds. The molecule has 0 atom stereocenters. The zero-order valence-corrected chi connectivity index (χ0v) is 26.3. The summed E-state index contributed by atoms with van der Waals surface area (Å²) in [5.74, 6) is -1.04. The highest BCUT2D eigenvalue weighted by Gasteiger charge is 2.37. The van der Waals surface area contributed by atoms with Crippen LogP contribution in [-0.2, 0) is 0 Å². The molecule has 5 aromatic carbocycles. The molecule has 0 N–H and O–H groups in total. The number of nitrogens with zero attached hydrogens (tertiary/aromatic N) is 4. The molecule has 0 bridgehead atoms. The topological polar surface area (TPSA) is 74.8 Å². The minimum atomic E-state index is -0.259. The minimum absolute atomic E-state index is 0.259. The second kappa shape index (κ2) is 9.55. The Hall–Kier alpha value is -4.40. The van der Waals surface area contributed by atoms with Crippen LogP contribution >= 0.6 is 0 Å². The van der Waals surface area contributed by atoms with Crippen LogP contribution in [0.15, 0.2) is 48.5 Å². The van der Waals surface area contributed by atoms with Crippen molar-refractivity contribution in [2.45, 2.75) is 12.8 Å². The van der Waals surface area contributed by atoms with Crippen LogP contribution in [0.2, 0.25) is 0 Å². The smallest absolute Gasteiger partial charge is 0.261 e. The van der Waals surface area contributed by atoms with E-state index in [1.54, 1.807) is 0 Å². The first-order valence-electron chi connectivity index (χ1n) is 15.3. The van der Waals surface area contributed by atoms with Crippen molar-refractivity contribution in [3.05, 3.63) is 70.8 Å². The quantitative estimate of drug-likeness (QED) is 0.109. The van der Waals surface area contributed by atoms with Crippen LogP contribution < -0.4 is 0 Å². The molecule has 8 nitrogen and oxygen atoms in total. The van der Waals surface area contributed by atoms with E-state index in [4.69, 9.17) is 0 Å². The van der Waals surface area contributed by atoms with Gasteiger partial charge < -0.3 is 8.97 Å². The van der Waals surface area contributed by atoms with Crippen LogP contribution in [0, 0.1) is 0 Å². The highest BCUT2D eigenvalue weighted by atomic mass is 16.2. The van der Waals surface area contributed by atoms with Gasteiger partial charge in [-0.3, -0.25) is 29.0 Å². The van der Waals surface area contributed by atoms with E-state index in [1.165, 1.54) is 9.80 Å². The number of hydrogen-bond donors (Lipinski definition) is 0. The molecular weight excluding hydrogens is 552 g/mol. The van der Waals surface area contributed by atoms with Crippen LogP contribution in [0.4, 0.5) is 0 Å². The largest absolute Gasteiger partial charge is 0.331 e. The van der Waals surface area contributed by atoms with Gasteiger partial charge in [0.05, 0.1) is 55.4 Å².